The molecule has 0 aromatic carbocycles. The normalized spacial score (nSPS) is 12.1. The Bertz CT molecular complexity index is 550. The molecule has 2 heterocycles. The van der Waals surface area contributed by atoms with Crippen LogP contribution in [0.4, 0.5) is 10.1 Å². The number of hydrogen-bond acceptors (Lipinski definition) is 6. The highest BCUT2D eigenvalue weighted by Gasteiger charge is 2.07. The minimum Gasteiger partial charge on any atom is -0.271 e. The highest BCUT2D eigenvalue weighted by Crippen LogP contribution is 2.37. The number of fused-ring (bicyclic) bond motifs is 1. The molecular formula is C9H8N4OS2. The number of amides is 1. The number of thiophene rings is 1. The third-order valence-corrected chi connectivity index (χ3v) is 3.55. The van der Waals surface area contributed by atoms with Crippen molar-refractivity contribution >= 4 is 54.5 Å². The Morgan fingerprint density at radius 2 is 2.31 bits per heavy atom. The summed E-state index contributed by atoms with van der Waals surface area (Å²) >= 11 is 2.89. The fourth-order valence-electron chi connectivity index (χ4n) is 1.05. The van der Waals surface area contributed by atoms with Gasteiger partial charge in [-0.2, -0.15) is 0 Å². The molecule has 0 unspecified atom stereocenters. The second-order valence-electron chi connectivity index (χ2n) is 2.86. The number of thiazole rings is 1. The van der Waals surface area contributed by atoms with Crippen LogP contribution in [0, 0.1) is 0 Å². The van der Waals surface area contributed by atoms with Gasteiger partial charge in [-0.05, 0) is 13.0 Å². The number of azo groups is 1. The summed E-state index contributed by atoms with van der Waals surface area (Å²) < 4.78 is 1.02. The van der Waals surface area contributed by atoms with Gasteiger partial charge in [0.25, 0.3) is 5.91 Å². The Morgan fingerprint density at radius 3 is 2.94 bits per heavy atom. The predicted molar refractivity (Wildman–Crippen MR) is 66.5 cm³/mol. The van der Waals surface area contributed by atoms with Gasteiger partial charge < -0.3 is 0 Å². The van der Waals surface area contributed by atoms with E-state index in [1.54, 1.807) is 6.21 Å². The number of nitrogens with zero attached hydrogens (tertiary/aromatic N) is 4. The molecule has 0 bridgehead atoms. The first-order valence-electron chi connectivity index (χ1n) is 4.50. The van der Waals surface area contributed by atoms with Crippen molar-refractivity contribution in [3.8, 4) is 0 Å². The van der Waals surface area contributed by atoms with Crippen LogP contribution in [0.15, 0.2) is 21.3 Å². The molecule has 0 saturated heterocycles. The number of aliphatic imine (C=N–C) groups is 1. The van der Waals surface area contributed by atoms with Gasteiger partial charge in [0.1, 0.15) is 9.83 Å². The first-order valence-corrected chi connectivity index (χ1v) is 6.13. The molecule has 0 aliphatic carbocycles. The highest BCUT2D eigenvalue weighted by atomic mass is 32.1. The van der Waals surface area contributed by atoms with E-state index in [1.807, 2.05) is 13.0 Å². The van der Waals surface area contributed by atoms with Gasteiger partial charge in [-0.15, -0.1) is 10.2 Å². The van der Waals surface area contributed by atoms with E-state index in [4.69, 9.17) is 0 Å². The summed E-state index contributed by atoms with van der Waals surface area (Å²) in [7, 11) is 0. The number of aromatic nitrogens is 1. The molecule has 0 aliphatic rings. The molecule has 0 radical (unpaired) electrons. The molecule has 7 heteroatoms. The predicted octanol–water partition coefficient (Wildman–Crippen LogP) is 3.71. The summed E-state index contributed by atoms with van der Waals surface area (Å²) in [5, 5.41) is 8.71. The monoisotopic (exact) mass is 252 g/mol. The van der Waals surface area contributed by atoms with Crippen LogP contribution < -0.4 is 0 Å². The van der Waals surface area contributed by atoms with Crippen LogP contribution >= 0.6 is 22.7 Å². The lowest BCUT2D eigenvalue weighted by Crippen LogP contribution is -1.76. The lowest BCUT2D eigenvalue weighted by atomic mass is 10.6. The Hall–Kier alpha value is -1.47. The Kier molecular flexibility index (Phi) is 3.16. The van der Waals surface area contributed by atoms with Gasteiger partial charge in [0, 0.05) is 13.1 Å². The lowest BCUT2D eigenvalue weighted by Gasteiger charge is -1.81. The van der Waals surface area contributed by atoms with Gasteiger partial charge >= 0.3 is 0 Å². The topological polar surface area (TPSA) is 67.0 Å². The first kappa shape index (κ1) is 11.0. The minimum absolute atomic E-state index is 0.305. The van der Waals surface area contributed by atoms with E-state index in [1.165, 1.54) is 29.6 Å². The second-order valence-corrected chi connectivity index (χ2v) is 4.87. The summed E-state index contributed by atoms with van der Waals surface area (Å²) in [4.78, 5) is 19.9. The number of hydrogen-bond donors (Lipinski definition) is 0. The maximum absolute atomic E-state index is 10.6. The molecule has 0 fully saturated rings. The van der Waals surface area contributed by atoms with Crippen LogP contribution in [0.5, 0.6) is 0 Å². The van der Waals surface area contributed by atoms with Crippen molar-refractivity contribution in [1.82, 2.24) is 4.98 Å². The maximum atomic E-state index is 10.6. The van der Waals surface area contributed by atoms with Crippen LogP contribution in [0.1, 0.15) is 13.8 Å². The number of rotatable bonds is 2. The molecule has 0 saturated carbocycles. The van der Waals surface area contributed by atoms with Crippen molar-refractivity contribution in [2.75, 3.05) is 0 Å². The number of carbonyl (C=O) groups is 1. The number of carbonyl (C=O) groups excluding carboxylic acids is 1. The maximum Gasteiger partial charge on any atom is 0.261 e. The van der Waals surface area contributed by atoms with Crippen molar-refractivity contribution < 1.29 is 4.79 Å². The van der Waals surface area contributed by atoms with Gasteiger partial charge in [0.05, 0.1) is 4.70 Å². The molecule has 82 valence electrons. The van der Waals surface area contributed by atoms with Gasteiger partial charge in [-0.1, -0.05) is 22.7 Å². The smallest absolute Gasteiger partial charge is 0.261 e. The zero-order valence-electron chi connectivity index (χ0n) is 8.67. The van der Waals surface area contributed by atoms with Crippen LogP contribution in [0.3, 0.4) is 0 Å². The lowest BCUT2D eigenvalue weighted by molar-refractivity contribution is -0.116. The fraction of sp³-hybridized carbons (Fsp3) is 0.222. The van der Waals surface area contributed by atoms with Crippen molar-refractivity contribution in [1.29, 1.82) is 0 Å². The molecule has 0 atom stereocenters. The SMILES string of the molecule is CC=Nc1nc2sc(N=NC(C)=O)cc2s1. The first-order chi connectivity index (χ1) is 7.69. The van der Waals surface area contributed by atoms with Crippen molar-refractivity contribution in [2.24, 2.45) is 15.2 Å². The summed E-state index contributed by atoms with van der Waals surface area (Å²) in [5.74, 6) is -0.305. The van der Waals surface area contributed by atoms with E-state index in [2.05, 4.69) is 20.2 Å². The van der Waals surface area contributed by atoms with Gasteiger partial charge in [-0.3, -0.25) is 4.79 Å². The summed E-state index contributed by atoms with van der Waals surface area (Å²) in [6.45, 7) is 3.22. The molecule has 0 aliphatic heterocycles. The molecule has 1 amide bonds. The third kappa shape index (κ3) is 2.37. The summed E-state index contributed by atoms with van der Waals surface area (Å²) in [6.07, 6.45) is 1.71. The van der Waals surface area contributed by atoms with Crippen molar-refractivity contribution in [3.63, 3.8) is 0 Å². The van der Waals surface area contributed by atoms with E-state index < -0.39 is 0 Å². The molecule has 0 spiro atoms. The Morgan fingerprint density at radius 1 is 1.50 bits per heavy atom. The van der Waals surface area contributed by atoms with Crippen molar-refractivity contribution in [2.45, 2.75) is 13.8 Å². The molecule has 16 heavy (non-hydrogen) atoms. The zero-order valence-corrected chi connectivity index (χ0v) is 10.3. The average Bonchev–Trinajstić information content (AvgIpc) is 2.72. The van der Waals surface area contributed by atoms with E-state index in [9.17, 15) is 4.79 Å². The average molecular weight is 252 g/mol. The van der Waals surface area contributed by atoms with Crippen LogP contribution in [-0.4, -0.2) is 17.1 Å². The molecule has 0 N–H and O–H groups in total. The minimum atomic E-state index is -0.305. The van der Waals surface area contributed by atoms with E-state index in [0.717, 1.165) is 14.7 Å². The molecule has 2 rings (SSSR count). The second kappa shape index (κ2) is 4.58. The summed E-state index contributed by atoms with van der Waals surface area (Å²) in [6, 6.07) is 1.86. The van der Waals surface area contributed by atoms with E-state index >= 15 is 0 Å². The zero-order chi connectivity index (χ0) is 11.5. The van der Waals surface area contributed by atoms with Gasteiger partial charge in [-0.25, -0.2) is 9.98 Å². The van der Waals surface area contributed by atoms with Crippen LogP contribution in [0.2, 0.25) is 0 Å². The highest BCUT2D eigenvalue weighted by molar-refractivity contribution is 7.30. The standard InChI is InChI=1S/C9H8N4OS2/c1-3-10-9-11-8-6(15-9)4-7(16-8)13-12-5(2)14/h3-4H,1-2H3. The van der Waals surface area contributed by atoms with Gasteiger partial charge in [0.2, 0.25) is 5.13 Å². The Labute approximate surface area is 99.6 Å². The fourth-order valence-corrected chi connectivity index (χ4v) is 2.97. The van der Waals surface area contributed by atoms with E-state index in [-0.39, 0.29) is 5.91 Å². The Balaban J connectivity index is 2.32. The molecular weight excluding hydrogens is 244 g/mol. The quantitative estimate of drug-likeness (QED) is 0.604. The van der Waals surface area contributed by atoms with Crippen LogP contribution in [-0.2, 0) is 4.79 Å². The largest absolute Gasteiger partial charge is 0.271 e. The molecule has 5 nitrogen and oxygen atoms in total. The van der Waals surface area contributed by atoms with Crippen LogP contribution in [0.25, 0.3) is 9.53 Å². The van der Waals surface area contributed by atoms with Gasteiger partial charge in [0.15, 0.2) is 0 Å². The van der Waals surface area contributed by atoms with E-state index in [0.29, 0.717) is 5.00 Å². The summed E-state index contributed by atoms with van der Waals surface area (Å²) in [5.41, 5.74) is 0. The molecule has 2 aromatic rings. The third-order valence-electron chi connectivity index (χ3n) is 1.59. The van der Waals surface area contributed by atoms with Crippen molar-refractivity contribution in [3.05, 3.63) is 6.07 Å². The molecule has 2 aromatic heterocycles.